The largest absolute Gasteiger partial charge is 0.456 e. The lowest BCUT2D eigenvalue weighted by atomic mass is 9.82. The van der Waals surface area contributed by atoms with Gasteiger partial charge < -0.3 is 19.1 Å². The van der Waals surface area contributed by atoms with E-state index < -0.39 is 0 Å². The number of furan rings is 1. The first-order valence-electron chi connectivity index (χ1n) is 24.5. The summed E-state index contributed by atoms with van der Waals surface area (Å²) in [4.78, 5) is 7.26. The summed E-state index contributed by atoms with van der Waals surface area (Å²) in [6.45, 7) is 4.71. The van der Waals surface area contributed by atoms with Crippen molar-refractivity contribution < 1.29 is 4.42 Å². The SMILES string of the molecule is CC1(C)c2ccccc2-c2ccc(N(c3ccc(-c4ccc5c(c4)N(c4ccccc4)c4ccccc4N5c4ccc(-c5ccc6oc7ccccc7c6c5)cc4)cc3)c3cccc4ccccc34)cc21. The highest BCUT2D eigenvalue weighted by Crippen LogP contribution is 2.56. The van der Waals surface area contributed by atoms with Gasteiger partial charge in [-0.15, -0.1) is 0 Å². The fourth-order valence-electron chi connectivity index (χ4n) is 11.5. The summed E-state index contributed by atoms with van der Waals surface area (Å²) in [6, 6.07) is 90.6. The third-order valence-electron chi connectivity index (χ3n) is 15.0. The van der Waals surface area contributed by atoms with Crippen molar-refractivity contribution in [2.24, 2.45) is 0 Å². The van der Waals surface area contributed by atoms with Gasteiger partial charge in [0.2, 0.25) is 0 Å². The normalized spacial score (nSPS) is 13.3. The molecule has 336 valence electrons. The van der Waals surface area contributed by atoms with Gasteiger partial charge in [0, 0.05) is 44.3 Å². The van der Waals surface area contributed by atoms with Crippen LogP contribution in [-0.4, -0.2) is 0 Å². The van der Waals surface area contributed by atoms with Crippen molar-refractivity contribution in [3.63, 3.8) is 0 Å². The van der Waals surface area contributed by atoms with Crippen LogP contribution in [0.3, 0.4) is 0 Å². The molecule has 0 fully saturated rings. The molecule has 0 saturated carbocycles. The molecule has 12 aromatic rings. The van der Waals surface area contributed by atoms with Crippen LogP contribution in [0.1, 0.15) is 25.0 Å². The highest BCUT2D eigenvalue weighted by molar-refractivity contribution is 6.07. The smallest absolute Gasteiger partial charge is 0.135 e. The summed E-state index contributed by atoms with van der Waals surface area (Å²) in [7, 11) is 0. The van der Waals surface area contributed by atoms with Crippen LogP contribution in [0.25, 0.3) is 66.1 Å². The first-order chi connectivity index (χ1) is 35.0. The van der Waals surface area contributed by atoms with E-state index in [9.17, 15) is 0 Å². The van der Waals surface area contributed by atoms with Gasteiger partial charge in [-0.25, -0.2) is 0 Å². The van der Waals surface area contributed by atoms with Crippen LogP contribution in [0.5, 0.6) is 0 Å². The van der Waals surface area contributed by atoms with Gasteiger partial charge in [0.15, 0.2) is 0 Å². The number of rotatable bonds is 7. The predicted octanol–water partition coefficient (Wildman–Crippen LogP) is 19.1. The van der Waals surface area contributed by atoms with E-state index in [0.717, 1.165) is 95.4 Å². The Balaban J connectivity index is 0.866. The van der Waals surface area contributed by atoms with Crippen LogP contribution in [0.4, 0.5) is 51.2 Å². The van der Waals surface area contributed by atoms with Crippen LogP contribution in [0.15, 0.2) is 253 Å². The summed E-state index contributed by atoms with van der Waals surface area (Å²) >= 11 is 0. The topological polar surface area (TPSA) is 22.9 Å². The maximum absolute atomic E-state index is 6.16. The molecular formula is C67H47N3O. The van der Waals surface area contributed by atoms with Crippen LogP contribution in [-0.2, 0) is 5.41 Å². The lowest BCUT2D eigenvalue weighted by Gasteiger charge is -2.40. The first-order valence-corrected chi connectivity index (χ1v) is 24.5. The highest BCUT2D eigenvalue weighted by Gasteiger charge is 2.36. The molecular weight excluding hydrogens is 863 g/mol. The van der Waals surface area contributed by atoms with Crippen molar-refractivity contribution in [2.75, 3.05) is 14.7 Å². The monoisotopic (exact) mass is 909 g/mol. The van der Waals surface area contributed by atoms with Crippen LogP contribution in [0, 0.1) is 0 Å². The Morgan fingerprint density at radius 3 is 1.73 bits per heavy atom. The number of para-hydroxylation sites is 4. The zero-order valence-electron chi connectivity index (χ0n) is 39.4. The van der Waals surface area contributed by atoms with Crippen LogP contribution in [0.2, 0.25) is 0 Å². The Morgan fingerprint density at radius 2 is 0.915 bits per heavy atom. The molecule has 2 aliphatic rings. The van der Waals surface area contributed by atoms with Gasteiger partial charge in [-0.05, 0) is 147 Å². The standard InChI is InChI=1S/C67H47N3O/c1-67(2)58-22-10-8-20-54(58)55-38-37-52(43-59(55)67)68(60-25-14-16-46-15-6-7-19-53(46)60)50-33-27-45(28-34-50)48-31-39-63-64(42-48)70(49-17-4-3-5-18-49)62-24-12-11-23-61(62)69(63)51-35-29-44(30-36-51)47-32-40-66-57(41-47)56-21-9-13-26-65(56)71-66/h3-43H,1-2H3. The Morgan fingerprint density at radius 1 is 0.352 bits per heavy atom. The third-order valence-corrected chi connectivity index (χ3v) is 15.0. The van der Waals surface area contributed by atoms with Crippen molar-refractivity contribution in [1.82, 2.24) is 0 Å². The molecule has 0 bridgehead atoms. The Labute approximate surface area is 413 Å². The number of benzene rings is 11. The molecule has 0 atom stereocenters. The van der Waals surface area contributed by atoms with E-state index in [4.69, 9.17) is 4.42 Å². The van der Waals surface area contributed by atoms with Gasteiger partial charge in [-0.2, -0.15) is 0 Å². The summed E-state index contributed by atoms with van der Waals surface area (Å²) in [5.74, 6) is 0. The van der Waals surface area contributed by atoms with Gasteiger partial charge >= 0.3 is 0 Å². The van der Waals surface area contributed by atoms with Crippen molar-refractivity contribution in [1.29, 1.82) is 0 Å². The quantitative estimate of drug-likeness (QED) is 0.159. The minimum absolute atomic E-state index is 0.123. The molecule has 0 amide bonds. The van der Waals surface area contributed by atoms with Gasteiger partial charge in [-0.1, -0.05) is 166 Å². The lowest BCUT2D eigenvalue weighted by Crippen LogP contribution is -2.24. The number of fused-ring (bicyclic) bond motifs is 9. The third kappa shape index (κ3) is 6.52. The molecule has 0 unspecified atom stereocenters. The van der Waals surface area contributed by atoms with E-state index >= 15 is 0 Å². The number of anilines is 9. The lowest BCUT2D eigenvalue weighted by molar-refractivity contribution is 0.660. The molecule has 4 nitrogen and oxygen atoms in total. The minimum Gasteiger partial charge on any atom is -0.456 e. The Hall–Kier alpha value is -9.12. The fraction of sp³-hybridized carbons (Fsp3) is 0.0448. The van der Waals surface area contributed by atoms with Gasteiger partial charge in [-0.3, -0.25) is 0 Å². The van der Waals surface area contributed by atoms with E-state index in [2.05, 4.69) is 265 Å². The predicted molar refractivity (Wildman–Crippen MR) is 297 cm³/mol. The molecule has 71 heavy (non-hydrogen) atoms. The highest BCUT2D eigenvalue weighted by atomic mass is 16.3. The Bertz CT molecular complexity index is 4030. The molecule has 1 aliphatic carbocycles. The van der Waals surface area contributed by atoms with E-state index in [1.54, 1.807) is 0 Å². The molecule has 11 aromatic carbocycles. The van der Waals surface area contributed by atoms with Gasteiger partial charge in [0.1, 0.15) is 11.2 Å². The maximum Gasteiger partial charge on any atom is 0.135 e. The average Bonchev–Trinajstić information content (AvgIpc) is 3.91. The fourth-order valence-corrected chi connectivity index (χ4v) is 11.5. The average molecular weight is 910 g/mol. The zero-order valence-corrected chi connectivity index (χ0v) is 39.4. The molecule has 0 radical (unpaired) electrons. The van der Waals surface area contributed by atoms with Crippen molar-refractivity contribution >= 4 is 83.9 Å². The molecule has 2 heterocycles. The maximum atomic E-state index is 6.16. The first kappa shape index (κ1) is 40.9. The van der Waals surface area contributed by atoms with Gasteiger partial charge in [0.05, 0.1) is 28.4 Å². The number of nitrogens with zero attached hydrogens (tertiary/aromatic N) is 3. The molecule has 0 saturated heterocycles. The Kier molecular flexibility index (Phi) is 9.21. The minimum atomic E-state index is -0.123. The number of hydrogen-bond acceptors (Lipinski definition) is 4. The van der Waals surface area contributed by atoms with Crippen LogP contribution < -0.4 is 14.7 Å². The molecule has 0 N–H and O–H groups in total. The van der Waals surface area contributed by atoms with E-state index in [1.165, 1.54) is 33.0 Å². The second kappa shape index (κ2) is 16.0. The van der Waals surface area contributed by atoms with Crippen molar-refractivity contribution in [3.05, 3.63) is 260 Å². The molecule has 14 rings (SSSR count). The van der Waals surface area contributed by atoms with Crippen molar-refractivity contribution in [3.8, 4) is 33.4 Å². The second-order valence-electron chi connectivity index (χ2n) is 19.3. The summed E-state index contributed by atoms with van der Waals surface area (Å²) in [5, 5.41) is 4.69. The molecule has 1 aromatic heterocycles. The number of hydrogen-bond donors (Lipinski definition) is 0. The summed E-state index contributed by atoms with van der Waals surface area (Å²) in [6.07, 6.45) is 0. The van der Waals surface area contributed by atoms with Crippen molar-refractivity contribution in [2.45, 2.75) is 19.3 Å². The zero-order chi connectivity index (χ0) is 47.2. The molecule has 0 spiro atoms. The summed E-state index contributed by atoms with van der Waals surface area (Å²) in [5.41, 5.74) is 21.7. The summed E-state index contributed by atoms with van der Waals surface area (Å²) < 4.78 is 6.16. The van der Waals surface area contributed by atoms with E-state index in [0.29, 0.717) is 0 Å². The van der Waals surface area contributed by atoms with E-state index in [1.807, 2.05) is 12.1 Å². The van der Waals surface area contributed by atoms with Crippen LogP contribution >= 0.6 is 0 Å². The molecule has 1 aliphatic heterocycles. The van der Waals surface area contributed by atoms with Gasteiger partial charge in [0.25, 0.3) is 0 Å². The van der Waals surface area contributed by atoms with E-state index in [-0.39, 0.29) is 5.41 Å². The second-order valence-corrected chi connectivity index (χ2v) is 19.3. The molecule has 4 heteroatoms.